The lowest BCUT2D eigenvalue weighted by molar-refractivity contribution is -0.738. The van der Waals surface area contributed by atoms with Crippen molar-refractivity contribution in [3.05, 3.63) is 28.8 Å². The molecule has 3 heterocycles. The lowest BCUT2D eigenvalue weighted by Gasteiger charge is -2.29. The first kappa shape index (κ1) is 18.4. The molecule has 8 heteroatoms. The lowest BCUT2D eigenvalue weighted by atomic mass is 9.76. The summed E-state index contributed by atoms with van der Waals surface area (Å²) in [6, 6.07) is 4.32. The highest BCUT2D eigenvalue weighted by Gasteiger charge is 2.75. The number of carbonyl (C=O) groups is 3. The maximum Gasteiger partial charge on any atom is 0.291 e. The minimum atomic E-state index is -1.29. The Morgan fingerprint density at radius 1 is 1.30 bits per heavy atom. The topological polar surface area (TPSA) is 103 Å². The van der Waals surface area contributed by atoms with Gasteiger partial charge < -0.3 is 15.7 Å². The van der Waals surface area contributed by atoms with Crippen LogP contribution in [0.1, 0.15) is 32.8 Å². The van der Waals surface area contributed by atoms with E-state index in [0.29, 0.717) is 22.7 Å². The SMILES string of the molecule is CC[C@H](C)N1C(=O)[C@@H]2[C@H]([C@@H](C)O)[NH2+][C@]3(C(=O)Nc4c(Cl)cccc43)[C@@H]2C1=O. The number of anilines is 1. The van der Waals surface area contributed by atoms with Gasteiger partial charge in [-0.15, -0.1) is 0 Å². The van der Waals surface area contributed by atoms with Gasteiger partial charge in [0.2, 0.25) is 17.4 Å². The predicted molar refractivity (Wildman–Crippen MR) is 97.7 cm³/mol. The van der Waals surface area contributed by atoms with Crippen LogP contribution < -0.4 is 10.6 Å². The molecule has 0 aromatic heterocycles. The van der Waals surface area contributed by atoms with Crippen LogP contribution in [-0.4, -0.2) is 45.9 Å². The number of nitrogens with one attached hydrogen (secondary N) is 1. The Labute approximate surface area is 162 Å². The molecule has 0 radical (unpaired) electrons. The second-order valence-corrected chi connectivity index (χ2v) is 8.18. The average molecular weight is 393 g/mol. The van der Waals surface area contributed by atoms with Crippen molar-refractivity contribution in [2.45, 2.75) is 50.9 Å². The summed E-state index contributed by atoms with van der Waals surface area (Å²) in [5, 5.41) is 15.2. The molecule has 2 fully saturated rings. The number of quaternary nitrogens is 1. The van der Waals surface area contributed by atoms with Gasteiger partial charge in [0.15, 0.2) is 0 Å². The number of aliphatic hydroxyl groups is 1. The maximum atomic E-state index is 13.4. The molecule has 0 bridgehead atoms. The summed E-state index contributed by atoms with van der Waals surface area (Å²) in [6.07, 6.45) is -0.233. The van der Waals surface area contributed by atoms with Crippen molar-refractivity contribution in [2.24, 2.45) is 11.8 Å². The zero-order chi connectivity index (χ0) is 19.7. The Kier molecular flexibility index (Phi) is 4.10. The summed E-state index contributed by atoms with van der Waals surface area (Å²) in [5.41, 5.74) is -0.209. The van der Waals surface area contributed by atoms with E-state index in [2.05, 4.69) is 5.32 Å². The first-order valence-electron chi connectivity index (χ1n) is 9.27. The fourth-order valence-electron chi connectivity index (χ4n) is 4.96. The van der Waals surface area contributed by atoms with Gasteiger partial charge in [-0.05, 0) is 32.4 Å². The van der Waals surface area contributed by atoms with Crippen LogP contribution in [0.25, 0.3) is 0 Å². The van der Waals surface area contributed by atoms with Crippen molar-refractivity contribution in [3.8, 4) is 0 Å². The molecule has 0 aliphatic carbocycles. The molecule has 0 saturated carbocycles. The first-order valence-corrected chi connectivity index (χ1v) is 9.65. The number of imide groups is 1. The molecule has 1 aromatic carbocycles. The standard InChI is InChI=1S/C19H22ClN3O4/c1-4-8(2)23-16(25)12-13(17(23)26)19(22-14(12)9(3)24)10-6-5-7-11(20)15(10)21-18(19)27/h5-9,12-14,22,24H,4H2,1-3H3,(H,21,27)/p+1/t8-,9+,12-,13-,14-,19-/m0/s1. The molecule has 144 valence electrons. The van der Waals surface area contributed by atoms with Crippen molar-refractivity contribution in [1.82, 2.24) is 4.90 Å². The molecule has 0 unspecified atom stereocenters. The van der Waals surface area contributed by atoms with Crippen LogP contribution in [-0.2, 0) is 19.9 Å². The van der Waals surface area contributed by atoms with Gasteiger partial charge in [-0.2, -0.15) is 0 Å². The summed E-state index contributed by atoms with van der Waals surface area (Å²) < 4.78 is 0. The van der Waals surface area contributed by atoms with E-state index in [-0.39, 0.29) is 23.8 Å². The first-order chi connectivity index (χ1) is 12.8. The van der Waals surface area contributed by atoms with E-state index >= 15 is 0 Å². The molecule has 27 heavy (non-hydrogen) atoms. The summed E-state index contributed by atoms with van der Waals surface area (Å²) in [6.45, 7) is 5.32. The third-order valence-electron chi connectivity index (χ3n) is 6.41. The summed E-state index contributed by atoms with van der Waals surface area (Å²) in [7, 11) is 0. The zero-order valence-electron chi connectivity index (χ0n) is 15.4. The number of likely N-dealkylation sites (tertiary alicyclic amines) is 1. The van der Waals surface area contributed by atoms with Crippen LogP contribution in [0, 0.1) is 11.8 Å². The Hall–Kier alpha value is -1.96. The van der Waals surface area contributed by atoms with E-state index in [9.17, 15) is 19.5 Å². The van der Waals surface area contributed by atoms with E-state index < -0.39 is 29.5 Å². The Balaban J connectivity index is 1.92. The zero-order valence-corrected chi connectivity index (χ0v) is 16.2. The molecule has 6 atom stereocenters. The fourth-order valence-corrected chi connectivity index (χ4v) is 5.18. The van der Waals surface area contributed by atoms with Crippen molar-refractivity contribution in [3.63, 3.8) is 0 Å². The van der Waals surface area contributed by atoms with Crippen molar-refractivity contribution < 1.29 is 24.8 Å². The smallest absolute Gasteiger partial charge is 0.291 e. The van der Waals surface area contributed by atoms with E-state index in [4.69, 9.17) is 11.6 Å². The number of halogens is 1. The van der Waals surface area contributed by atoms with E-state index in [1.807, 2.05) is 13.8 Å². The molecule has 7 nitrogen and oxygen atoms in total. The lowest BCUT2D eigenvalue weighted by Crippen LogP contribution is -3.00. The fraction of sp³-hybridized carbons (Fsp3) is 0.526. The summed E-state index contributed by atoms with van der Waals surface area (Å²) in [5.74, 6) is -2.63. The highest BCUT2D eigenvalue weighted by atomic mass is 35.5. The number of aliphatic hydroxyl groups excluding tert-OH is 1. The minimum Gasteiger partial charge on any atom is -0.387 e. The predicted octanol–water partition coefficient (Wildman–Crippen LogP) is 0.214. The van der Waals surface area contributed by atoms with Crippen LogP contribution in [0.3, 0.4) is 0 Å². The Bertz CT molecular complexity index is 857. The Morgan fingerprint density at radius 2 is 2.00 bits per heavy atom. The molecular formula is C19H23ClN3O4+. The number of hydrogen-bond donors (Lipinski definition) is 3. The number of fused-ring (bicyclic) bond motifs is 4. The average Bonchev–Trinajstić information content (AvgIpc) is 3.21. The van der Waals surface area contributed by atoms with E-state index in [0.717, 1.165) is 0 Å². The normalized spacial score (nSPS) is 34.0. The Morgan fingerprint density at radius 3 is 2.63 bits per heavy atom. The monoisotopic (exact) mass is 392 g/mol. The number of carbonyl (C=O) groups excluding carboxylic acids is 3. The van der Waals surface area contributed by atoms with Crippen LogP contribution >= 0.6 is 11.6 Å². The van der Waals surface area contributed by atoms with Gasteiger partial charge in [0.1, 0.15) is 24.0 Å². The van der Waals surface area contributed by atoms with Gasteiger partial charge >= 0.3 is 0 Å². The number of benzene rings is 1. The number of para-hydroxylation sites is 1. The second kappa shape index (κ2) is 6.02. The molecule has 3 amide bonds. The van der Waals surface area contributed by atoms with Gasteiger partial charge in [-0.25, -0.2) is 0 Å². The van der Waals surface area contributed by atoms with Gasteiger partial charge in [0.25, 0.3) is 5.91 Å². The van der Waals surface area contributed by atoms with E-state index in [1.54, 1.807) is 30.4 Å². The molecule has 3 aliphatic heterocycles. The molecule has 4 N–H and O–H groups in total. The number of amides is 3. The molecular weight excluding hydrogens is 370 g/mol. The second-order valence-electron chi connectivity index (χ2n) is 7.78. The summed E-state index contributed by atoms with van der Waals surface area (Å²) in [4.78, 5) is 41.0. The third-order valence-corrected chi connectivity index (χ3v) is 6.72. The number of rotatable bonds is 3. The van der Waals surface area contributed by atoms with Gasteiger partial charge in [-0.3, -0.25) is 19.3 Å². The highest BCUT2D eigenvalue weighted by Crippen LogP contribution is 2.51. The van der Waals surface area contributed by atoms with Crippen molar-refractivity contribution >= 4 is 35.0 Å². The number of nitrogens with two attached hydrogens (primary N) is 1. The van der Waals surface area contributed by atoms with Gasteiger partial charge in [0, 0.05) is 11.6 Å². The van der Waals surface area contributed by atoms with Crippen LogP contribution in [0.2, 0.25) is 5.02 Å². The maximum absolute atomic E-state index is 13.4. The quantitative estimate of drug-likeness (QED) is 0.640. The van der Waals surface area contributed by atoms with E-state index in [1.165, 1.54) is 4.90 Å². The molecule has 2 saturated heterocycles. The number of hydrogen-bond acceptors (Lipinski definition) is 4. The third kappa shape index (κ3) is 2.19. The molecule has 1 aromatic rings. The van der Waals surface area contributed by atoms with Crippen LogP contribution in [0.15, 0.2) is 18.2 Å². The molecule has 1 spiro atoms. The molecule has 3 aliphatic rings. The van der Waals surface area contributed by atoms with Crippen LogP contribution in [0.4, 0.5) is 5.69 Å². The molecule has 4 rings (SSSR count). The van der Waals surface area contributed by atoms with Crippen molar-refractivity contribution in [1.29, 1.82) is 0 Å². The van der Waals surface area contributed by atoms with Gasteiger partial charge in [-0.1, -0.05) is 24.6 Å². The largest absolute Gasteiger partial charge is 0.387 e. The highest BCUT2D eigenvalue weighted by molar-refractivity contribution is 6.35. The van der Waals surface area contributed by atoms with Crippen LogP contribution in [0.5, 0.6) is 0 Å². The van der Waals surface area contributed by atoms with Gasteiger partial charge in [0.05, 0.1) is 10.7 Å². The number of nitrogens with zero attached hydrogens (tertiary/aromatic N) is 1. The minimum absolute atomic E-state index is 0.259. The van der Waals surface area contributed by atoms with Crippen molar-refractivity contribution in [2.75, 3.05) is 5.32 Å². The summed E-state index contributed by atoms with van der Waals surface area (Å²) >= 11 is 6.26.